The average molecular weight is 426 g/mol. The highest BCUT2D eigenvalue weighted by Gasteiger charge is 2.33. The Kier molecular flexibility index (Phi) is 4.68. The van der Waals surface area contributed by atoms with Crippen molar-refractivity contribution in [2.24, 2.45) is 11.7 Å². The van der Waals surface area contributed by atoms with Crippen molar-refractivity contribution in [2.75, 3.05) is 5.32 Å². The molecule has 0 atom stereocenters. The molecule has 0 bridgehead atoms. The quantitative estimate of drug-likeness (QED) is 0.389. The second-order valence-corrected chi connectivity index (χ2v) is 9.31. The van der Waals surface area contributed by atoms with Gasteiger partial charge in [-0.2, -0.15) is 0 Å². The van der Waals surface area contributed by atoms with Gasteiger partial charge < -0.3 is 16.0 Å². The van der Waals surface area contributed by atoms with E-state index in [1.54, 1.807) is 6.20 Å². The van der Waals surface area contributed by atoms with E-state index in [0.29, 0.717) is 6.04 Å². The Morgan fingerprint density at radius 3 is 2.62 bits per heavy atom. The molecule has 1 aromatic carbocycles. The Bertz CT molecular complexity index is 1310. The number of fused-ring (bicyclic) bond motifs is 2. The summed E-state index contributed by atoms with van der Waals surface area (Å²) in [5, 5.41) is 5.82. The van der Waals surface area contributed by atoms with Gasteiger partial charge in [0.25, 0.3) is 0 Å². The van der Waals surface area contributed by atoms with E-state index in [2.05, 4.69) is 38.5 Å². The monoisotopic (exact) mass is 425 g/mol. The number of hydrogen-bond acceptors (Lipinski definition) is 5. The lowest BCUT2D eigenvalue weighted by Crippen LogP contribution is -2.33. The van der Waals surface area contributed by atoms with E-state index in [0.717, 1.165) is 82.8 Å². The molecule has 32 heavy (non-hydrogen) atoms. The first-order chi connectivity index (χ1) is 15.7. The van der Waals surface area contributed by atoms with Crippen LogP contribution in [0.5, 0.6) is 0 Å². The summed E-state index contributed by atoms with van der Waals surface area (Å²) < 4.78 is 0. The topological polar surface area (TPSA) is 96.7 Å². The van der Waals surface area contributed by atoms with Gasteiger partial charge in [-0.25, -0.2) is 4.98 Å². The van der Waals surface area contributed by atoms with Crippen molar-refractivity contribution >= 4 is 33.4 Å². The van der Waals surface area contributed by atoms with Crippen LogP contribution in [0.3, 0.4) is 0 Å². The first-order valence-corrected chi connectivity index (χ1v) is 11.6. The molecule has 2 saturated carbocycles. The molecule has 4 aromatic rings. The number of anilines is 1. The average Bonchev–Trinajstić information content (AvgIpc) is 3.57. The number of ketones is 1. The van der Waals surface area contributed by atoms with Gasteiger partial charge in [0.2, 0.25) is 0 Å². The number of Topliss-reactive ketones (excluding diaryl/α,β-unsaturated/α-hetero) is 1. The fourth-order valence-electron chi connectivity index (χ4n) is 4.85. The van der Waals surface area contributed by atoms with E-state index in [1.165, 1.54) is 0 Å². The molecular weight excluding hydrogens is 398 g/mol. The molecule has 0 spiro atoms. The van der Waals surface area contributed by atoms with Crippen LogP contribution in [0.1, 0.15) is 48.9 Å². The molecule has 6 heteroatoms. The van der Waals surface area contributed by atoms with Crippen molar-refractivity contribution in [1.82, 2.24) is 15.0 Å². The van der Waals surface area contributed by atoms with Crippen molar-refractivity contribution in [2.45, 2.75) is 50.6 Å². The third kappa shape index (κ3) is 3.54. The Morgan fingerprint density at radius 2 is 1.81 bits per heavy atom. The number of pyridine rings is 2. The van der Waals surface area contributed by atoms with Crippen LogP contribution in [0, 0.1) is 5.92 Å². The molecule has 0 saturated heterocycles. The lowest BCUT2D eigenvalue weighted by Gasteiger charge is -2.29. The molecule has 162 valence electrons. The number of hydrogen-bond donors (Lipinski definition) is 3. The molecule has 6 rings (SSSR count). The Balaban J connectivity index is 1.46. The summed E-state index contributed by atoms with van der Waals surface area (Å²) in [7, 11) is 0. The minimum Gasteiger partial charge on any atom is -0.381 e. The van der Waals surface area contributed by atoms with Gasteiger partial charge in [-0.05, 0) is 68.4 Å². The number of nitrogens with two attached hydrogens (primary N) is 1. The van der Waals surface area contributed by atoms with Gasteiger partial charge in [0, 0.05) is 52.9 Å². The largest absolute Gasteiger partial charge is 0.381 e. The van der Waals surface area contributed by atoms with Gasteiger partial charge in [0.1, 0.15) is 5.65 Å². The lowest BCUT2D eigenvalue weighted by molar-refractivity contribution is 0.0968. The van der Waals surface area contributed by atoms with Crippen LogP contribution in [0.2, 0.25) is 0 Å². The van der Waals surface area contributed by atoms with Crippen LogP contribution in [0.25, 0.3) is 33.1 Å². The highest BCUT2D eigenvalue weighted by atomic mass is 16.1. The van der Waals surface area contributed by atoms with E-state index < -0.39 is 0 Å². The van der Waals surface area contributed by atoms with Crippen molar-refractivity contribution in [3.8, 4) is 11.1 Å². The number of nitrogens with one attached hydrogen (secondary N) is 2. The highest BCUT2D eigenvalue weighted by Crippen LogP contribution is 2.38. The van der Waals surface area contributed by atoms with Crippen LogP contribution in [0.15, 0.2) is 48.9 Å². The molecule has 6 nitrogen and oxygen atoms in total. The van der Waals surface area contributed by atoms with Crippen molar-refractivity contribution in [3.63, 3.8) is 0 Å². The zero-order valence-corrected chi connectivity index (χ0v) is 18.0. The van der Waals surface area contributed by atoms with E-state index in [9.17, 15) is 4.79 Å². The number of carbonyl (C=O) groups is 1. The third-order valence-corrected chi connectivity index (χ3v) is 6.94. The second kappa shape index (κ2) is 7.71. The zero-order chi connectivity index (χ0) is 21.7. The Morgan fingerprint density at radius 1 is 0.969 bits per heavy atom. The molecule has 0 aliphatic heterocycles. The molecule has 2 aliphatic carbocycles. The highest BCUT2D eigenvalue weighted by molar-refractivity contribution is 6.10. The summed E-state index contributed by atoms with van der Waals surface area (Å²) in [6.07, 6.45) is 11.6. The van der Waals surface area contributed by atoms with Gasteiger partial charge in [0.15, 0.2) is 5.78 Å². The molecule has 2 fully saturated rings. The van der Waals surface area contributed by atoms with Gasteiger partial charge in [0.05, 0.1) is 16.8 Å². The minimum absolute atomic E-state index is 0.151. The van der Waals surface area contributed by atoms with E-state index in [-0.39, 0.29) is 17.7 Å². The molecule has 4 N–H and O–H groups in total. The van der Waals surface area contributed by atoms with Crippen LogP contribution >= 0.6 is 0 Å². The van der Waals surface area contributed by atoms with Crippen LogP contribution < -0.4 is 11.1 Å². The molecular formula is C26H27N5O. The predicted octanol–water partition coefficient (Wildman–Crippen LogP) is 5.05. The summed E-state index contributed by atoms with van der Waals surface area (Å²) in [5.41, 5.74) is 11.7. The minimum atomic E-state index is 0.151. The molecule has 3 aromatic heterocycles. The molecule has 0 amide bonds. The number of benzene rings is 1. The van der Waals surface area contributed by atoms with E-state index in [4.69, 9.17) is 5.73 Å². The first kappa shape index (κ1) is 19.4. The van der Waals surface area contributed by atoms with Gasteiger partial charge >= 0.3 is 0 Å². The lowest BCUT2D eigenvalue weighted by atomic mass is 9.91. The van der Waals surface area contributed by atoms with Crippen molar-refractivity contribution in [3.05, 3.63) is 54.5 Å². The summed E-state index contributed by atoms with van der Waals surface area (Å²) in [5.74, 6) is 0.369. The van der Waals surface area contributed by atoms with Gasteiger partial charge in [-0.1, -0.05) is 6.07 Å². The number of H-pyrrole nitrogens is 1. The maximum Gasteiger partial charge on any atom is 0.169 e. The van der Waals surface area contributed by atoms with Gasteiger partial charge in [-0.3, -0.25) is 9.78 Å². The molecule has 2 aliphatic rings. The Labute approximate surface area is 186 Å². The third-order valence-electron chi connectivity index (χ3n) is 6.94. The summed E-state index contributed by atoms with van der Waals surface area (Å²) in [6, 6.07) is 11.1. The number of carbonyl (C=O) groups excluding carboxylic acids is 1. The summed E-state index contributed by atoms with van der Waals surface area (Å²) in [6.45, 7) is 0. The molecule has 0 unspecified atom stereocenters. The van der Waals surface area contributed by atoms with Crippen molar-refractivity contribution < 1.29 is 4.79 Å². The standard InChI is InChI=1S/C26H27N5O/c27-19-4-6-20(7-5-19)31-24-21-12-16(18-11-17-9-10-28-26(17)30-13-18)3-8-23(21)29-14-22(24)25(32)15-1-2-15/h3,8-15,19-20H,1-2,4-7,27H2,(H,28,30)(H,29,31). The zero-order valence-electron chi connectivity index (χ0n) is 18.0. The maximum atomic E-state index is 13.1. The fourth-order valence-corrected chi connectivity index (χ4v) is 4.85. The van der Waals surface area contributed by atoms with Crippen LogP contribution in [-0.2, 0) is 0 Å². The molecule has 3 heterocycles. The number of aromatic nitrogens is 3. The number of aromatic amines is 1. The summed E-state index contributed by atoms with van der Waals surface area (Å²) >= 11 is 0. The van der Waals surface area contributed by atoms with Crippen LogP contribution in [-0.4, -0.2) is 32.8 Å². The van der Waals surface area contributed by atoms with Crippen LogP contribution in [0.4, 0.5) is 5.69 Å². The number of rotatable bonds is 5. The SMILES string of the molecule is NC1CCC(Nc2c(C(=O)C3CC3)cnc3ccc(-c4cnc5[nH]ccc5c4)cc23)CC1. The number of nitrogens with zero attached hydrogens (tertiary/aromatic N) is 2. The maximum absolute atomic E-state index is 13.1. The normalized spacial score (nSPS) is 21.2. The Hall–Kier alpha value is -3.25. The van der Waals surface area contributed by atoms with E-state index >= 15 is 0 Å². The first-order valence-electron chi connectivity index (χ1n) is 11.6. The fraction of sp³-hybridized carbons (Fsp3) is 0.346. The predicted molar refractivity (Wildman–Crippen MR) is 128 cm³/mol. The van der Waals surface area contributed by atoms with E-state index in [1.807, 2.05) is 24.5 Å². The molecule has 0 radical (unpaired) electrons. The van der Waals surface area contributed by atoms with Gasteiger partial charge in [-0.15, -0.1) is 0 Å². The summed E-state index contributed by atoms with van der Waals surface area (Å²) in [4.78, 5) is 25.5. The smallest absolute Gasteiger partial charge is 0.169 e. The second-order valence-electron chi connectivity index (χ2n) is 9.31. The van der Waals surface area contributed by atoms with Crippen molar-refractivity contribution in [1.29, 1.82) is 0 Å².